The summed E-state index contributed by atoms with van der Waals surface area (Å²) in [5.74, 6) is 0.785. The van der Waals surface area contributed by atoms with Crippen LogP contribution in [0.2, 0.25) is 13.1 Å². The molecule has 0 bridgehead atoms. The zero-order valence-electron chi connectivity index (χ0n) is 38.8. The van der Waals surface area contributed by atoms with Crippen LogP contribution in [0.3, 0.4) is 0 Å². The fraction of sp³-hybridized carbons (Fsp3) is 0.481. The molecule has 0 saturated heterocycles. The van der Waals surface area contributed by atoms with Gasteiger partial charge in [0.1, 0.15) is 0 Å². The summed E-state index contributed by atoms with van der Waals surface area (Å²) in [6.45, 7) is 37.8. The molecule has 4 atom stereocenters. The van der Waals surface area contributed by atoms with Gasteiger partial charge in [0.05, 0.1) is 0 Å². The van der Waals surface area contributed by atoms with Crippen molar-refractivity contribution in [3.8, 4) is 22.3 Å². The normalized spacial score (nSPS) is 18.5. The number of hydrogen-bond acceptors (Lipinski definition) is 0. The molecule has 4 aromatic rings. The molecule has 0 aliphatic heterocycles. The van der Waals surface area contributed by atoms with Crippen LogP contribution in [0.5, 0.6) is 0 Å². The monoisotopic (exact) mass is 909 g/mol. The summed E-state index contributed by atoms with van der Waals surface area (Å²) in [7, 11) is 18.2. The Labute approximate surface area is 363 Å². The number of rotatable bonds is 13. The van der Waals surface area contributed by atoms with E-state index in [4.69, 9.17) is 17.0 Å². The van der Waals surface area contributed by atoms with Crippen LogP contribution in [0, 0.1) is 25.7 Å². The summed E-state index contributed by atoms with van der Waals surface area (Å²) in [6, 6.07) is 24.4. The van der Waals surface area contributed by atoms with Crippen LogP contribution in [-0.4, -0.2) is 5.92 Å². The van der Waals surface area contributed by atoms with Crippen LogP contribution in [-0.2, 0) is 15.6 Å². The van der Waals surface area contributed by atoms with E-state index in [0.29, 0.717) is 35.5 Å². The zero-order chi connectivity index (χ0) is 42.8. The molecule has 58 heavy (non-hydrogen) atoms. The first kappa shape index (κ1) is 45.6. The second kappa shape index (κ2) is 17.1. The fourth-order valence-electron chi connectivity index (χ4n) is 10.3. The van der Waals surface area contributed by atoms with Crippen molar-refractivity contribution in [2.75, 3.05) is 0 Å². The van der Waals surface area contributed by atoms with Crippen molar-refractivity contribution in [2.45, 2.75) is 154 Å². The van der Waals surface area contributed by atoms with Crippen molar-refractivity contribution in [3.05, 3.63) is 127 Å². The molecule has 0 heterocycles. The van der Waals surface area contributed by atoms with Gasteiger partial charge in [0.25, 0.3) is 0 Å². The molecular formula is C54H73Cl2SiZr. The van der Waals surface area contributed by atoms with Gasteiger partial charge in [-0.05, 0) is 0 Å². The van der Waals surface area contributed by atoms with Crippen molar-refractivity contribution >= 4 is 35.1 Å². The summed E-state index contributed by atoms with van der Waals surface area (Å²) in [6.07, 6.45) is 7.31. The summed E-state index contributed by atoms with van der Waals surface area (Å²) in [5, 5.41) is 0. The molecule has 0 nitrogen and oxygen atoms in total. The van der Waals surface area contributed by atoms with Crippen molar-refractivity contribution in [1.29, 1.82) is 0 Å². The first-order valence-electron chi connectivity index (χ1n) is 22.7. The van der Waals surface area contributed by atoms with Gasteiger partial charge in [-0.2, -0.15) is 0 Å². The first-order valence-corrected chi connectivity index (χ1v) is 39.0. The average molecular weight is 912 g/mol. The molecular weight excluding hydrogens is 839 g/mol. The van der Waals surface area contributed by atoms with Crippen LogP contribution in [0.4, 0.5) is 0 Å². The molecule has 2 aliphatic rings. The molecule has 0 amide bonds. The molecule has 4 unspecified atom stereocenters. The number of hydrogen-bond donors (Lipinski definition) is 0. The topological polar surface area (TPSA) is 0 Å². The third-order valence-corrected chi connectivity index (χ3v) is 66.3. The predicted molar refractivity (Wildman–Crippen MR) is 261 cm³/mol. The second-order valence-electron chi connectivity index (χ2n) is 20.1. The van der Waals surface area contributed by atoms with Gasteiger partial charge < -0.3 is 0 Å². The van der Waals surface area contributed by atoms with Gasteiger partial charge in [0.15, 0.2) is 0 Å². The van der Waals surface area contributed by atoms with Crippen molar-refractivity contribution in [2.24, 2.45) is 11.8 Å². The standard InChI is InChI=1S/2C26H33.C2H7Si.2ClH.Zr/c2*1-8-18(6)23-11-20-10-9-19(7)26(25(20)15-23)24-13-21(16(2)3)12-22(14-24)17(4)5;1-3-2;;;/h2*9-18H,8H2,1-7H3;3H,1-2H3;2*1H;/q;;;;;+2/p-2. The molecule has 0 fully saturated rings. The van der Waals surface area contributed by atoms with E-state index in [1.54, 1.807) is 0 Å². The maximum absolute atomic E-state index is 9.09. The Morgan fingerprint density at radius 3 is 1.09 bits per heavy atom. The minimum atomic E-state index is -5.08. The summed E-state index contributed by atoms with van der Waals surface area (Å²) in [5.41, 5.74) is 22.2. The molecule has 0 aromatic heterocycles. The number of aryl methyl sites for hydroxylation is 2. The van der Waals surface area contributed by atoms with Gasteiger partial charge in [-0.15, -0.1) is 0 Å². The third kappa shape index (κ3) is 7.75. The Kier molecular flexibility index (Phi) is 13.4. The molecule has 0 radical (unpaired) electrons. The van der Waals surface area contributed by atoms with Crippen LogP contribution in [0.25, 0.3) is 34.4 Å². The molecule has 0 spiro atoms. The quantitative estimate of drug-likeness (QED) is 0.117. The molecule has 0 saturated carbocycles. The number of allylic oxidation sites excluding steroid dienone is 2. The van der Waals surface area contributed by atoms with Gasteiger partial charge >= 0.3 is 366 Å². The van der Waals surface area contributed by atoms with Crippen LogP contribution in [0.1, 0.15) is 182 Å². The van der Waals surface area contributed by atoms with E-state index in [0.717, 1.165) is 12.8 Å². The van der Waals surface area contributed by atoms with Gasteiger partial charge in [-0.1, -0.05) is 0 Å². The summed E-state index contributed by atoms with van der Waals surface area (Å²) >= 11 is -5.08. The Morgan fingerprint density at radius 1 is 0.517 bits per heavy atom. The van der Waals surface area contributed by atoms with Crippen LogP contribution < -0.4 is 0 Å². The van der Waals surface area contributed by atoms with Crippen molar-refractivity contribution in [3.63, 3.8) is 0 Å². The summed E-state index contributed by atoms with van der Waals surface area (Å²) in [4.78, 5) is 0. The Bertz CT molecular complexity index is 2060. The Hall–Kier alpha value is -1.96. The maximum atomic E-state index is 9.09. The molecule has 2 aliphatic carbocycles. The van der Waals surface area contributed by atoms with Gasteiger partial charge in [0, 0.05) is 0 Å². The van der Waals surface area contributed by atoms with E-state index in [1.807, 2.05) is 0 Å². The average Bonchev–Trinajstić information content (AvgIpc) is 3.77. The zero-order valence-corrected chi connectivity index (χ0v) is 43.9. The van der Waals surface area contributed by atoms with E-state index in [1.165, 1.54) is 89.0 Å². The predicted octanol–water partition coefficient (Wildman–Crippen LogP) is 17.8. The van der Waals surface area contributed by atoms with E-state index in [-0.39, 0.29) is 7.25 Å². The molecule has 6 rings (SSSR count). The van der Waals surface area contributed by atoms with E-state index in [9.17, 15) is 0 Å². The van der Waals surface area contributed by atoms with E-state index >= 15 is 0 Å². The fourth-order valence-corrected chi connectivity index (χ4v) is 41.5. The van der Waals surface area contributed by atoms with Crippen LogP contribution >= 0.6 is 17.0 Å². The van der Waals surface area contributed by atoms with Crippen LogP contribution in [0.15, 0.2) is 71.8 Å². The number of halogens is 2. The molecule has 0 N–H and O–H groups in total. The van der Waals surface area contributed by atoms with Crippen molar-refractivity contribution < 1.29 is 15.6 Å². The van der Waals surface area contributed by atoms with Gasteiger partial charge in [0.2, 0.25) is 0 Å². The molecule has 4 heteroatoms. The third-order valence-electron chi connectivity index (χ3n) is 14.7. The van der Waals surface area contributed by atoms with E-state index in [2.05, 4.69) is 183 Å². The molecule has 4 aromatic carbocycles. The minimum absolute atomic E-state index is 0.0589. The summed E-state index contributed by atoms with van der Waals surface area (Å²) < 4.78 is 0.118. The molecule has 311 valence electrons. The SMILES string of the molecule is CCC(C)C1=Cc2c(ccc(C)c2-c2cc(C(C)C)cc(C(C)C)c2)[CH]1[Zr]([Cl])([Cl])([CH]1C(C(C)CC)=Cc2c1ccc(C)c2-c1cc(C(C)C)cc(C(C)C)c1)[SiH](C)C. The first-order chi connectivity index (χ1) is 27.1. The van der Waals surface area contributed by atoms with Crippen molar-refractivity contribution in [1.82, 2.24) is 0 Å². The van der Waals surface area contributed by atoms with Gasteiger partial charge in [-0.25, -0.2) is 0 Å². The Morgan fingerprint density at radius 2 is 0.828 bits per heavy atom. The Balaban J connectivity index is 1.68. The van der Waals surface area contributed by atoms with E-state index < -0.39 is 21.5 Å². The number of benzene rings is 4. The van der Waals surface area contributed by atoms with Gasteiger partial charge in [-0.3, -0.25) is 0 Å². The second-order valence-corrected chi connectivity index (χ2v) is 62.6. The number of fused-ring (bicyclic) bond motifs is 2.